The quantitative estimate of drug-likeness (QED) is 0.680. The number of likely N-dealkylation sites (tertiary alicyclic amines) is 1. The van der Waals surface area contributed by atoms with Crippen LogP contribution in [0.4, 0.5) is 8.78 Å². The summed E-state index contributed by atoms with van der Waals surface area (Å²) in [6.07, 6.45) is 3.70. The third-order valence-electron chi connectivity index (χ3n) is 5.45. The molecule has 6 heteroatoms. The standard InChI is InChI=1S/C15H21NO2.C6H4F2O.C2H6/c17-14-6-4-11(5-7-14)15(18)10-16-8-12-2-1-3-13(12)9-16;7-4-2-1-3-5(8)6(4)9;1-2/h4-7,12-13,15,17-18H,1-3,8-10H2;1-3,9H;1-2H3. The van der Waals surface area contributed by atoms with Crippen LogP contribution in [0.15, 0.2) is 42.5 Å². The van der Waals surface area contributed by atoms with Gasteiger partial charge in [0.2, 0.25) is 0 Å². The van der Waals surface area contributed by atoms with E-state index in [1.54, 1.807) is 24.3 Å². The first kappa shape index (κ1) is 23.1. The number of aliphatic hydroxyl groups excluding tert-OH is 1. The molecule has 29 heavy (non-hydrogen) atoms. The largest absolute Gasteiger partial charge is 0.508 e. The second-order valence-electron chi connectivity index (χ2n) is 7.35. The van der Waals surface area contributed by atoms with E-state index in [1.807, 2.05) is 13.8 Å². The summed E-state index contributed by atoms with van der Waals surface area (Å²) in [4.78, 5) is 2.39. The lowest BCUT2D eigenvalue weighted by atomic mass is 10.0. The Kier molecular flexibility index (Phi) is 8.86. The van der Waals surface area contributed by atoms with E-state index in [4.69, 9.17) is 5.11 Å². The van der Waals surface area contributed by atoms with Gasteiger partial charge in [-0.3, -0.25) is 4.90 Å². The first-order valence-electron chi connectivity index (χ1n) is 10.3. The maximum atomic E-state index is 12.1. The van der Waals surface area contributed by atoms with Crippen LogP contribution in [0.25, 0.3) is 0 Å². The Morgan fingerprint density at radius 2 is 1.45 bits per heavy atom. The van der Waals surface area contributed by atoms with Gasteiger partial charge >= 0.3 is 0 Å². The van der Waals surface area contributed by atoms with Crippen molar-refractivity contribution >= 4 is 0 Å². The van der Waals surface area contributed by atoms with Crippen molar-refractivity contribution in [2.45, 2.75) is 39.2 Å². The van der Waals surface area contributed by atoms with E-state index < -0.39 is 23.5 Å². The summed E-state index contributed by atoms with van der Waals surface area (Å²) in [5.74, 6) is -0.793. The van der Waals surface area contributed by atoms with E-state index >= 15 is 0 Å². The molecule has 0 bridgehead atoms. The number of hydrogen-bond donors (Lipinski definition) is 3. The van der Waals surface area contributed by atoms with E-state index in [1.165, 1.54) is 25.3 Å². The average molecular weight is 408 g/mol. The number of phenolic OH excluding ortho intramolecular Hbond substituents is 2. The summed E-state index contributed by atoms with van der Waals surface area (Å²) in [7, 11) is 0. The van der Waals surface area contributed by atoms with Crippen molar-refractivity contribution in [1.82, 2.24) is 4.90 Å². The Labute approximate surface area is 171 Å². The van der Waals surface area contributed by atoms with Crippen molar-refractivity contribution in [2.24, 2.45) is 11.8 Å². The third-order valence-corrected chi connectivity index (χ3v) is 5.45. The molecule has 4 rings (SSSR count). The van der Waals surface area contributed by atoms with E-state index in [9.17, 15) is 19.0 Å². The van der Waals surface area contributed by atoms with E-state index in [0.717, 1.165) is 49.2 Å². The zero-order chi connectivity index (χ0) is 21.4. The van der Waals surface area contributed by atoms with Gasteiger partial charge in [0.1, 0.15) is 5.75 Å². The van der Waals surface area contributed by atoms with Crippen LogP contribution in [0.2, 0.25) is 0 Å². The van der Waals surface area contributed by atoms with Crippen LogP contribution in [-0.2, 0) is 0 Å². The number of aromatic hydroxyl groups is 2. The highest BCUT2D eigenvalue weighted by atomic mass is 19.1. The van der Waals surface area contributed by atoms with Crippen LogP contribution in [0.3, 0.4) is 0 Å². The van der Waals surface area contributed by atoms with Gasteiger partial charge in [0.05, 0.1) is 6.10 Å². The fourth-order valence-corrected chi connectivity index (χ4v) is 4.02. The Balaban J connectivity index is 0.000000231. The molecule has 0 amide bonds. The normalized spacial score (nSPS) is 21.4. The van der Waals surface area contributed by atoms with Crippen molar-refractivity contribution < 1.29 is 24.1 Å². The summed E-state index contributed by atoms with van der Waals surface area (Å²) in [5, 5.41) is 27.9. The van der Waals surface area contributed by atoms with Crippen molar-refractivity contribution in [2.75, 3.05) is 19.6 Å². The van der Waals surface area contributed by atoms with Gasteiger partial charge in [-0.05, 0) is 54.5 Å². The first-order valence-corrected chi connectivity index (χ1v) is 10.3. The van der Waals surface area contributed by atoms with E-state index in [0.29, 0.717) is 0 Å². The lowest BCUT2D eigenvalue weighted by Crippen LogP contribution is -2.27. The molecule has 4 nitrogen and oxygen atoms in total. The molecular formula is C23H31F2NO3. The SMILES string of the molecule is CC.Oc1c(F)cccc1F.Oc1ccc(C(O)CN2CC3CCCC3C2)cc1. The number of β-amino-alcohol motifs (C(OH)–C–C–N with tert-alkyl or cyclic N) is 1. The van der Waals surface area contributed by atoms with Gasteiger partial charge in [0, 0.05) is 19.6 Å². The van der Waals surface area contributed by atoms with Gasteiger partial charge in [-0.2, -0.15) is 0 Å². The third kappa shape index (κ3) is 6.41. The molecule has 0 radical (unpaired) electrons. The van der Waals surface area contributed by atoms with Crippen molar-refractivity contribution in [3.8, 4) is 11.5 Å². The second kappa shape index (κ2) is 11.1. The predicted molar refractivity (Wildman–Crippen MR) is 110 cm³/mol. The van der Waals surface area contributed by atoms with Crippen molar-refractivity contribution in [3.63, 3.8) is 0 Å². The number of nitrogens with zero attached hydrogens (tertiary/aromatic N) is 1. The maximum Gasteiger partial charge on any atom is 0.187 e. The zero-order valence-electron chi connectivity index (χ0n) is 17.1. The monoisotopic (exact) mass is 407 g/mol. The molecule has 2 aromatic rings. The number of aliphatic hydroxyl groups is 1. The minimum atomic E-state index is -0.935. The minimum absolute atomic E-state index is 0.252. The Morgan fingerprint density at radius 3 is 1.93 bits per heavy atom. The molecule has 1 aliphatic heterocycles. The fourth-order valence-electron chi connectivity index (χ4n) is 4.02. The highest BCUT2D eigenvalue weighted by Crippen LogP contribution is 2.38. The van der Waals surface area contributed by atoms with Crippen LogP contribution in [0.5, 0.6) is 11.5 Å². The van der Waals surface area contributed by atoms with Gasteiger partial charge in [-0.25, -0.2) is 8.78 Å². The molecule has 3 N–H and O–H groups in total. The smallest absolute Gasteiger partial charge is 0.187 e. The summed E-state index contributed by atoms with van der Waals surface area (Å²) >= 11 is 0. The van der Waals surface area contributed by atoms with Gasteiger partial charge in [-0.15, -0.1) is 0 Å². The van der Waals surface area contributed by atoms with Gasteiger partial charge in [0.15, 0.2) is 17.4 Å². The number of phenols is 2. The van der Waals surface area contributed by atoms with E-state index in [-0.39, 0.29) is 5.75 Å². The number of fused-ring (bicyclic) bond motifs is 1. The van der Waals surface area contributed by atoms with Gasteiger partial charge in [-0.1, -0.05) is 38.5 Å². The highest BCUT2D eigenvalue weighted by Gasteiger charge is 2.36. The van der Waals surface area contributed by atoms with Crippen LogP contribution in [0.1, 0.15) is 44.8 Å². The zero-order valence-corrected chi connectivity index (χ0v) is 17.1. The fraction of sp³-hybridized carbons (Fsp3) is 0.478. The Hall–Kier alpha value is -2.18. The molecule has 1 saturated heterocycles. The number of hydrogen-bond acceptors (Lipinski definition) is 4. The molecule has 3 unspecified atom stereocenters. The average Bonchev–Trinajstić information content (AvgIpc) is 3.30. The second-order valence-corrected chi connectivity index (χ2v) is 7.35. The minimum Gasteiger partial charge on any atom is -0.508 e. The lowest BCUT2D eigenvalue weighted by molar-refractivity contribution is 0.122. The summed E-state index contributed by atoms with van der Waals surface area (Å²) in [5.41, 5.74) is 0.893. The number of para-hydroxylation sites is 1. The Bertz CT molecular complexity index is 722. The topological polar surface area (TPSA) is 63.9 Å². The molecule has 2 aromatic carbocycles. The van der Waals surface area contributed by atoms with Gasteiger partial charge in [0.25, 0.3) is 0 Å². The summed E-state index contributed by atoms with van der Waals surface area (Å²) in [6, 6.07) is 10.0. The molecule has 1 heterocycles. The molecule has 2 aliphatic rings. The molecular weight excluding hydrogens is 376 g/mol. The number of benzene rings is 2. The number of rotatable bonds is 3. The van der Waals surface area contributed by atoms with Crippen LogP contribution in [-0.4, -0.2) is 39.9 Å². The Morgan fingerprint density at radius 1 is 0.931 bits per heavy atom. The maximum absolute atomic E-state index is 12.1. The van der Waals surface area contributed by atoms with Gasteiger partial charge < -0.3 is 15.3 Å². The van der Waals surface area contributed by atoms with Crippen LogP contribution in [0, 0.1) is 23.5 Å². The first-order chi connectivity index (χ1) is 13.9. The molecule has 0 aromatic heterocycles. The van der Waals surface area contributed by atoms with Crippen molar-refractivity contribution in [1.29, 1.82) is 0 Å². The van der Waals surface area contributed by atoms with Crippen molar-refractivity contribution in [3.05, 3.63) is 59.7 Å². The van der Waals surface area contributed by atoms with Crippen LogP contribution >= 0.6 is 0 Å². The van der Waals surface area contributed by atoms with E-state index in [2.05, 4.69) is 4.90 Å². The number of halogens is 2. The molecule has 2 fully saturated rings. The lowest BCUT2D eigenvalue weighted by Gasteiger charge is -2.21. The predicted octanol–water partition coefficient (Wildman–Crippen LogP) is 4.85. The summed E-state index contributed by atoms with van der Waals surface area (Å²) < 4.78 is 24.2. The molecule has 160 valence electrons. The molecule has 1 aliphatic carbocycles. The molecule has 1 saturated carbocycles. The molecule has 0 spiro atoms. The highest BCUT2D eigenvalue weighted by molar-refractivity contribution is 5.27. The van der Waals surface area contributed by atoms with Crippen LogP contribution < -0.4 is 0 Å². The summed E-state index contributed by atoms with van der Waals surface area (Å²) in [6.45, 7) is 7.03. The molecule has 3 atom stereocenters.